The summed E-state index contributed by atoms with van der Waals surface area (Å²) in [7, 11) is -4.41. The van der Waals surface area contributed by atoms with Crippen molar-refractivity contribution in [2.75, 3.05) is 10.8 Å². The zero-order chi connectivity index (χ0) is 27.2. The van der Waals surface area contributed by atoms with Gasteiger partial charge in [0.05, 0.1) is 21.2 Å². The van der Waals surface area contributed by atoms with Gasteiger partial charge >= 0.3 is 6.18 Å². The van der Waals surface area contributed by atoms with E-state index in [2.05, 4.69) is 10.5 Å². The molecule has 0 radical (unpaired) electrons. The first-order valence-corrected chi connectivity index (χ1v) is 13.0. The molecule has 0 atom stereocenters. The summed E-state index contributed by atoms with van der Waals surface area (Å²) in [5.74, 6) is -0.821. The number of nitrogens with zero attached hydrogens (tertiary/aromatic N) is 2. The van der Waals surface area contributed by atoms with Gasteiger partial charge in [-0.3, -0.25) is 9.10 Å². The predicted molar refractivity (Wildman–Crippen MR) is 138 cm³/mol. The number of aryl methyl sites for hydroxylation is 2. The van der Waals surface area contributed by atoms with Gasteiger partial charge < -0.3 is 0 Å². The Hall–Kier alpha value is -3.37. The van der Waals surface area contributed by atoms with Crippen LogP contribution in [0.3, 0.4) is 0 Å². The van der Waals surface area contributed by atoms with Gasteiger partial charge in [0.15, 0.2) is 0 Å². The maximum Gasteiger partial charge on any atom is 0.417 e. The van der Waals surface area contributed by atoms with Crippen LogP contribution in [0.2, 0.25) is 5.02 Å². The number of benzene rings is 3. The van der Waals surface area contributed by atoms with Crippen molar-refractivity contribution < 1.29 is 26.4 Å². The molecule has 3 aromatic rings. The van der Waals surface area contributed by atoms with E-state index in [1.165, 1.54) is 12.1 Å². The molecule has 0 bridgehead atoms. The largest absolute Gasteiger partial charge is 0.417 e. The number of hydrazone groups is 1. The summed E-state index contributed by atoms with van der Waals surface area (Å²) in [6, 6.07) is 18.1. The molecule has 0 saturated heterocycles. The monoisotopic (exact) mass is 551 g/mol. The summed E-state index contributed by atoms with van der Waals surface area (Å²) in [5.41, 5.74) is 3.19. The number of hydrogen-bond donors (Lipinski definition) is 1. The molecular formula is C26H25ClF3N3O3S. The standard InChI is InChI=1S/C26H25ClF3N3O3S/c1-18-8-13-22(14-9-18)37(35,36)33(21-12-15-24(27)23(16-21)26(28,29)30)17-25(34)32-31-19(2)10-11-20-6-4-3-5-7-20/h3-9,12-16H,10-11,17H2,1-2H3,(H,32,34)/b31-19-. The molecule has 1 amide bonds. The molecule has 0 aromatic heterocycles. The van der Waals surface area contributed by atoms with Crippen LogP contribution in [0.5, 0.6) is 0 Å². The lowest BCUT2D eigenvalue weighted by atomic mass is 10.1. The van der Waals surface area contributed by atoms with Gasteiger partial charge in [-0.05, 0) is 62.6 Å². The number of alkyl halides is 3. The molecule has 196 valence electrons. The van der Waals surface area contributed by atoms with Gasteiger partial charge in [0.2, 0.25) is 0 Å². The number of anilines is 1. The first kappa shape index (κ1) is 28.2. The highest BCUT2D eigenvalue weighted by Gasteiger charge is 2.35. The Balaban J connectivity index is 1.87. The topological polar surface area (TPSA) is 78.8 Å². The van der Waals surface area contributed by atoms with Crippen LogP contribution in [-0.4, -0.2) is 26.6 Å². The van der Waals surface area contributed by atoms with E-state index in [0.29, 0.717) is 28.9 Å². The average molecular weight is 552 g/mol. The number of sulfonamides is 1. The number of carbonyl (C=O) groups excluding carboxylic acids is 1. The van der Waals surface area contributed by atoms with Gasteiger partial charge in [-0.25, -0.2) is 13.8 Å². The number of nitrogens with one attached hydrogen (secondary N) is 1. The molecule has 0 fully saturated rings. The molecule has 3 aromatic carbocycles. The molecule has 0 spiro atoms. The van der Waals surface area contributed by atoms with Crippen LogP contribution in [0.4, 0.5) is 18.9 Å². The summed E-state index contributed by atoms with van der Waals surface area (Å²) in [5, 5.41) is 3.43. The molecule has 0 heterocycles. The SMILES string of the molecule is C/C(CCc1ccccc1)=N/NC(=O)CN(c1ccc(Cl)c(C(F)(F)F)c1)S(=O)(=O)c1ccc(C)cc1. The van der Waals surface area contributed by atoms with Crippen LogP contribution in [-0.2, 0) is 27.4 Å². The Bertz CT molecular complexity index is 1380. The minimum Gasteiger partial charge on any atom is -0.271 e. The number of hydrogen-bond acceptors (Lipinski definition) is 4. The van der Waals surface area contributed by atoms with Gasteiger partial charge in [-0.15, -0.1) is 0 Å². The fraction of sp³-hybridized carbons (Fsp3) is 0.231. The van der Waals surface area contributed by atoms with Crippen molar-refractivity contribution >= 4 is 38.9 Å². The van der Waals surface area contributed by atoms with E-state index in [-0.39, 0.29) is 10.6 Å². The number of carbonyl (C=O) groups is 1. The molecule has 1 N–H and O–H groups in total. The third kappa shape index (κ3) is 7.56. The molecule has 0 saturated carbocycles. The van der Waals surface area contributed by atoms with Crippen LogP contribution in [0.1, 0.15) is 30.0 Å². The Morgan fingerprint density at radius 3 is 2.30 bits per heavy atom. The lowest BCUT2D eigenvalue weighted by Crippen LogP contribution is -2.40. The summed E-state index contributed by atoms with van der Waals surface area (Å²) < 4.78 is 67.9. The zero-order valence-corrected chi connectivity index (χ0v) is 21.7. The normalized spacial score (nSPS) is 12.3. The molecule has 37 heavy (non-hydrogen) atoms. The first-order chi connectivity index (χ1) is 17.4. The van der Waals surface area contributed by atoms with E-state index in [9.17, 15) is 26.4 Å². The van der Waals surface area contributed by atoms with Crippen LogP contribution in [0.25, 0.3) is 0 Å². The average Bonchev–Trinajstić information content (AvgIpc) is 2.85. The summed E-state index contributed by atoms with van der Waals surface area (Å²) in [4.78, 5) is 12.5. The van der Waals surface area contributed by atoms with E-state index in [4.69, 9.17) is 11.6 Å². The second kappa shape index (κ2) is 11.8. The minimum absolute atomic E-state index is 0.183. The van der Waals surface area contributed by atoms with Gasteiger partial charge in [0.25, 0.3) is 15.9 Å². The van der Waals surface area contributed by atoms with E-state index in [0.717, 1.165) is 23.3 Å². The Morgan fingerprint density at radius 1 is 1.03 bits per heavy atom. The molecule has 3 rings (SSSR count). The number of amides is 1. The minimum atomic E-state index is -4.82. The molecule has 0 aliphatic heterocycles. The van der Waals surface area contributed by atoms with E-state index in [1.807, 2.05) is 30.3 Å². The molecule has 0 aliphatic carbocycles. The van der Waals surface area contributed by atoms with Crippen LogP contribution >= 0.6 is 11.6 Å². The Morgan fingerprint density at radius 2 is 1.68 bits per heavy atom. The van der Waals surface area contributed by atoms with Crippen LogP contribution in [0.15, 0.2) is 82.8 Å². The highest BCUT2D eigenvalue weighted by molar-refractivity contribution is 7.92. The van der Waals surface area contributed by atoms with E-state index < -0.39 is 39.2 Å². The van der Waals surface area contributed by atoms with E-state index in [1.54, 1.807) is 26.0 Å². The fourth-order valence-electron chi connectivity index (χ4n) is 3.39. The maximum absolute atomic E-state index is 13.5. The van der Waals surface area contributed by atoms with Gasteiger partial charge in [-0.1, -0.05) is 59.6 Å². The quantitative estimate of drug-likeness (QED) is 0.262. The van der Waals surface area contributed by atoms with Crippen LogP contribution < -0.4 is 9.73 Å². The highest BCUT2D eigenvalue weighted by atomic mass is 35.5. The number of halogens is 4. The van der Waals surface area contributed by atoms with Crippen molar-refractivity contribution in [3.63, 3.8) is 0 Å². The second-order valence-electron chi connectivity index (χ2n) is 8.35. The second-order valence-corrected chi connectivity index (χ2v) is 10.6. The first-order valence-electron chi connectivity index (χ1n) is 11.2. The van der Waals surface area contributed by atoms with Crippen molar-refractivity contribution in [3.8, 4) is 0 Å². The lowest BCUT2D eigenvalue weighted by molar-refractivity contribution is -0.137. The molecule has 0 unspecified atom stereocenters. The molecule has 11 heteroatoms. The van der Waals surface area contributed by atoms with Gasteiger partial charge in [-0.2, -0.15) is 18.3 Å². The predicted octanol–water partition coefficient (Wildman–Crippen LogP) is 5.99. The fourth-order valence-corrected chi connectivity index (χ4v) is 5.03. The van der Waals surface area contributed by atoms with Crippen molar-refractivity contribution in [1.29, 1.82) is 0 Å². The zero-order valence-electron chi connectivity index (χ0n) is 20.1. The third-order valence-electron chi connectivity index (χ3n) is 5.43. The van der Waals surface area contributed by atoms with Crippen molar-refractivity contribution in [2.24, 2.45) is 5.10 Å². The van der Waals surface area contributed by atoms with Gasteiger partial charge in [0.1, 0.15) is 6.54 Å². The highest BCUT2D eigenvalue weighted by Crippen LogP contribution is 2.38. The Labute approximate surface area is 218 Å². The molecule has 6 nitrogen and oxygen atoms in total. The number of rotatable bonds is 9. The van der Waals surface area contributed by atoms with E-state index >= 15 is 0 Å². The lowest BCUT2D eigenvalue weighted by Gasteiger charge is -2.25. The Kier molecular flexibility index (Phi) is 8.98. The molecule has 0 aliphatic rings. The summed E-state index contributed by atoms with van der Waals surface area (Å²) in [6.45, 7) is 2.66. The summed E-state index contributed by atoms with van der Waals surface area (Å²) in [6.07, 6.45) is -3.60. The summed E-state index contributed by atoms with van der Waals surface area (Å²) >= 11 is 5.71. The van der Waals surface area contributed by atoms with Crippen LogP contribution in [0, 0.1) is 6.92 Å². The van der Waals surface area contributed by atoms with Gasteiger partial charge in [0, 0.05) is 5.71 Å². The maximum atomic E-state index is 13.5. The smallest absolute Gasteiger partial charge is 0.271 e. The van der Waals surface area contributed by atoms with Crippen molar-refractivity contribution in [2.45, 2.75) is 37.8 Å². The third-order valence-corrected chi connectivity index (χ3v) is 7.55. The van der Waals surface area contributed by atoms with Crippen molar-refractivity contribution in [1.82, 2.24) is 5.43 Å². The molecular weight excluding hydrogens is 527 g/mol. The van der Waals surface area contributed by atoms with Crippen molar-refractivity contribution in [3.05, 3.63) is 94.5 Å².